The molecule has 7 heteroatoms. The van der Waals surface area contributed by atoms with E-state index in [9.17, 15) is 0 Å². The summed E-state index contributed by atoms with van der Waals surface area (Å²) in [5, 5.41) is 6.97. The smallest absolute Gasteiger partial charge is 0.223 e. The van der Waals surface area contributed by atoms with Crippen LogP contribution in [-0.2, 0) is 6.54 Å². The fourth-order valence-electron chi connectivity index (χ4n) is 1.60. The molecule has 0 fully saturated rings. The number of aromatic nitrogens is 2. The lowest BCUT2D eigenvalue weighted by Gasteiger charge is -2.11. The van der Waals surface area contributed by atoms with Gasteiger partial charge in [0, 0.05) is 24.2 Å². The minimum Gasteiger partial charge on any atom is -0.497 e. The zero-order valence-electron chi connectivity index (χ0n) is 10.6. The van der Waals surface area contributed by atoms with Gasteiger partial charge in [0.25, 0.3) is 0 Å². The summed E-state index contributed by atoms with van der Waals surface area (Å²) in [5.41, 5.74) is 7.20. The van der Waals surface area contributed by atoms with Gasteiger partial charge in [0.1, 0.15) is 10.7 Å². The molecule has 0 spiro atoms. The number of anilines is 1. The first-order valence-electron chi connectivity index (χ1n) is 5.61. The predicted molar refractivity (Wildman–Crippen MR) is 75.2 cm³/mol. The SMILES string of the molecule is COc1ccc(C(N)=S)c(NCc2noc(C)n2)c1. The molecule has 2 aromatic rings. The molecule has 6 nitrogen and oxygen atoms in total. The summed E-state index contributed by atoms with van der Waals surface area (Å²) in [6, 6.07) is 5.44. The highest BCUT2D eigenvalue weighted by Gasteiger charge is 2.08. The Morgan fingerprint density at radius 2 is 2.32 bits per heavy atom. The largest absolute Gasteiger partial charge is 0.497 e. The van der Waals surface area contributed by atoms with Gasteiger partial charge in [-0.2, -0.15) is 4.98 Å². The van der Waals surface area contributed by atoms with E-state index in [1.807, 2.05) is 12.1 Å². The maximum Gasteiger partial charge on any atom is 0.223 e. The molecule has 0 unspecified atom stereocenters. The van der Waals surface area contributed by atoms with Crippen LogP contribution < -0.4 is 15.8 Å². The number of aryl methyl sites for hydroxylation is 1. The Labute approximate surface area is 115 Å². The summed E-state index contributed by atoms with van der Waals surface area (Å²) in [6.07, 6.45) is 0. The minimum absolute atomic E-state index is 0.314. The Balaban J connectivity index is 2.19. The molecule has 1 aromatic carbocycles. The average Bonchev–Trinajstić information content (AvgIpc) is 2.81. The number of thiocarbonyl (C=S) groups is 1. The number of nitrogens with zero attached hydrogens (tertiary/aromatic N) is 2. The zero-order valence-corrected chi connectivity index (χ0v) is 11.5. The lowest BCUT2D eigenvalue weighted by Crippen LogP contribution is -2.13. The molecule has 2 rings (SSSR count). The van der Waals surface area contributed by atoms with Crippen molar-refractivity contribution in [2.45, 2.75) is 13.5 Å². The van der Waals surface area contributed by atoms with Gasteiger partial charge in [-0.3, -0.25) is 0 Å². The molecule has 0 aliphatic carbocycles. The van der Waals surface area contributed by atoms with Gasteiger partial charge < -0.3 is 20.3 Å². The zero-order chi connectivity index (χ0) is 13.8. The number of hydrogen-bond acceptors (Lipinski definition) is 6. The van der Waals surface area contributed by atoms with Crippen molar-refractivity contribution in [3.05, 3.63) is 35.5 Å². The quantitative estimate of drug-likeness (QED) is 0.804. The number of nitrogens with two attached hydrogens (primary N) is 1. The second-order valence-corrected chi connectivity index (χ2v) is 4.30. The van der Waals surface area contributed by atoms with E-state index in [4.69, 9.17) is 27.2 Å². The second-order valence-electron chi connectivity index (χ2n) is 3.86. The number of hydrogen-bond donors (Lipinski definition) is 2. The van der Waals surface area contributed by atoms with Crippen LogP contribution in [0.5, 0.6) is 5.75 Å². The van der Waals surface area contributed by atoms with Crippen molar-refractivity contribution >= 4 is 22.9 Å². The third kappa shape index (κ3) is 3.19. The molecule has 0 aliphatic rings. The van der Waals surface area contributed by atoms with Crippen LogP contribution in [0.25, 0.3) is 0 Å². The van der Waals surface area contributed by atoms with Gasteiger partial charge in [-0.15, -0.1) is 0 Å². The van der Waals surface area contributed by atoms with E-state index < -0.39 is 0 Å². The number of ether oxygens (including phenoxy) is 1. The third-order valence-corrected chi connectivity index (χ3v) is 2.72. The number of nitrogens with one attached hydrogen (secondary N) is 1. The summed E-state index contributed by atoms with van der Waals surface area (Å²) >= 11 is 5.01. The first kappa shape index (κ1) is 13.3. The van der Waals surface area contributed by atoms with Crippen molar-refractivity contribution < 1.29 is 9.26 Å². The number of rotatable bonds is 5. The highest BCUT2D eigenvalue weighted by Crippen LogP contribution is 2.23. The fraction of sp³-hybridized carbons (Fsp3) is 0.250. The molecular formula is C12H14N4O2S. The molecule has 0 radical (unpaired) electrons. The lowest BCUT2D eigenvalue weighted by molar-refractivity contribution is 0.388. The van der Waals surface area contributed by atoms with Crippen LogP contribution in [0.15, 0.2) is 22.7 Å². The maximum atomic E-state index is 5.68. The van der Waals surface area contributed by atoms with Gasteiger partial charge in [-0.05, 0) is 12.1 Å². The van der Waals surface area contributed by atoms with Gasteiger partial charge in [0.2, 0.25) is 5.89 Å². The standard InChI is InChI=1S/C12H14N4O2S/c1-7-15-11(16-18-7)6-14-10-5-8(17-2)3-4-9(10)12(13)19/h3-5,14H,6H2,1-2H3,(H2,13,19). The van der Waals surface area contributed by atoms with Crippen LogP contribution in [0.3, 0.4) is 0 Å². The summed E-state index contributed by atoms with van der Waals surface area (Å²) < 4.78 is 10.1. The molecule has 0 bridgehead atoms. The first-order valence-corrected chi connectivity index (χ1v) is 6.02. The summed E-state index contributed by atoms with van der Waals surface area (Å²) in [7, 11) is 1.60. The Morgan fingerprint density at radius 1 is 1.53 bits per heavy atom. The van der Waals surface area contributed by atoms with Gasteiger partial charge in [-0.1, -0.05) is 17.4 Å². The van der Waals surface area contributed by atoms with Crippen LogP contribution in [0.1, 0.15) is 17.3 Å². The Bertz CT molecular complexity index is 597. The van der Waals surface area contributed by atoms with E-state index >= 15 is 0 Å². The van der Waals surface area contributed by atoms with Crippen LogP contribution in [0, 0.1) is 6.92 Å². The second kappa shape index (κ2) is 5.66. The van der Waals surface area contributed by atoms with Crippen LogP contribution >= 0.6 is 12.2 Å². The highest BCUT2D eigenvalue weighted by molar-refractivity contribution is 7.80. The van der Waals surface area contributed by atoms with Crippen LogP contribution in [0.4, 0.5) is 5.69 Å². The average molecular weight is 278 g/mol. The number of benzene rings is 1. The van der Waals surface area contributed by atoms with Crippen LogP contribution in [-0.4, -0.2) is 22.2 Å². The van der Waals surface area contributed by atoms with E-state index in [1.165, 1.54) is 0 Å². The Morgan fingerprint density at radius 3 is 2.89 bits per heavy atom. The molecule has 19 heavy (non-hydrogen) atoms. The molecule has 0 saturated carbocycles. The molecule has 0 aliphatic heterocycles. The van der Waals surface area contributed by atoms with E-state index in [0.717, 1.165) is 11.3 Å². The molecule has 0 amide bonds. The van der Waals surface area contributed by atoms with Crippen molar-refractivity contribution in [2.75, 3.05) is 12.4 Å². The van der Waals surface area contributed by atoms with Gasteiger partial charge in [0.05, 0.1) is 13.7 Å². The monoisotopic (exact) mass is 278 g/mol. The summed E-state index contributed by atoms with van der Waals surface area (Å²) in [6.45, 7) is 2.16. The minimum atomic E-state index is 0.314. The van der Waals surface area contributed by atoms with E-state index in [1.54, 1.807) is 20.1 Å². The molecule has 0 saturated heterocycles. The van der Waals surface area contributed by atoms with Crippen molar-refractivity contribution in [2.24, 2.45) is 5.73 Å². The molecule has 1 aromatic heterocycles. The predicted octanol–water partition coefficient (Wildman–Crippen LogP) is 1.63. The Hall–Kier alpha value is -2.15. The van der Waals surface area contributed by atoms with E-state index in [-0.39, 0.29) is 0 Å². The maximum absolute atomic E-state index is 5.68. The normalized spacial score (nSPS) is 10.2. The van der Waals surface area contributed by atoms with Crippen molar-refractivity contribution in [1.82, 2.24) is 10.1 Å². The van der Waals surface area contributed by atoms with Gasteiger partial charge >= 0.3 is 0 Å². The first-order chi connectivity index (χ1) is 9.10. The highest BCUT2D eigenvalue weighted by atomic mass is 32.1. The van der Waals surface area contributed by atoms with Crippen LogP contribution in [0.2, 0.25) is 0 Å². The summed E-state index contributed by atoms with van der Waals surface area (Å²) in [5.74, 6) is 1.80. The third-order valence-electron chi connectivity index (χ3n) is 2.50. The fourth-order valence-corrected chi connectivity index (χ4v) is 1.78. The van der Waals surface area contributed by atoms with Gasteiger partial charge in [-0.25, -0.2) is 0 Å². The Kier molecular flexibility index (Phi) is 3.96. The topological polar surface area (TPSA) is 86.2 Å². The van der Waals surface area contributed by atoms with E-state index in [2.05, 4.69) is 15.5 Å². The van der Waals surface area contributed by atoms with Crippen molar-refractivity contribution in [3.8, 4) is 5.75 Å². The molecule has 3 N–H and O–H groups in total. The summed E-state index contributed by atoms with van der Waals surface area (Å²) in [4.78, 5) is 4.42. The van der Waals surface area contributed by atoms with Crippen molar-refractivity contribution in [1.29, 1.82) is 0 Å². The molecule has 0 atom stereocenters. The molecular weight excluding hydrogens is 264 g/mol. The number of methoxy groups -OCH3 is 1. The molecule has 100 valence electrons. The van der Waals surface area contributed by atoms with Gasteiger partial charge in [0.15, 0.2) is 5.82 Å². The molecule has 1 heterocycles. The lowest BCUT2D eigenvalue weighted by atomic mass is 10.1. The van der Waals surface area contributed by atoms with Crippen molar-refractivity contribution in [3.63, 3.8) is 0 Å². The van der Waals surface area contributed by atoms with E-state index in [0.29, 0.717) is 29.0 Å².